The molecule has 0 bridgehead atoms. The highest BCUT2D eigenvalue weighted by Gasteiger charge is 2.32. The largest absolute Gasteiger partial charge is 0.480 e. The Labute approximate surface area is 221 Å². The Hall–Kier alpha value is -3.07. The number of nitrogens with two attached hydrogens (primary N) is 4. The number of nitrogens with one attached hydrogen (secondary N) is 3. The Morgan fingerprint density at radius 2 is 1.54 bits per heavy atom. The predicted molar refractivity (Wildman–Crippen MR) is 142 cm³/mol. The van der Waals surface area contributed by atoms with Gasteiger partial charge in [-0.25, -0.2) is 4.79 Å². The number of guanidine groups is 1. The number of nitrogens with zero attached hydrogens (tertiary/aromatic N) is 1. The van der Waals surface area contributed by atoms with E-state index in [0.717, 1.165) is 0 Å². The molecule has 0 radical (unpaired) electrons. The predicted octanol–water partition coefficient (Wildman–Crippen LogP) is -2.03. The molecule has 5 atom stereocenters. The maximum Gasteiger partial charge on any atom is 0.326 e. The van der Waals surface area contributed by atoms with Gasteiger partial charge in [-0.3, -0.25) is 24.2 Å². The molecule has 0 aliphatic carbocycles. The summed E-state index contributed by atoms with van der Waals surface area (Å²) in [5.41, 5.74) is 21.6. The van der Waals surface area contributed by atoms with Crippen LogP contribution in [0.2, 0.25) is 0 Å². The molecule has 0 saturated heterocycles. The van der Waals surface area contributed by atoms with Crippen LogP contribution in [0.4, 0.5) is 0 Å². The zero-order valence-electron chi connectivity index (χ0n) is 21.7. The minimum Gasteiger partial charge on any atom is -0.480 e. The number of carboxylic acid groups (broad SMARTS) is 1. The molecule has 0 spiro atoms. The van der Waals surface area contributed by atoms with Crippen molar-refractivity contribution in [2.24, 2.45) is 33.8 Å². The van der Waals surface area contributed by atoms with Crippen LogP contribution in [0.1, 0.15) is 52.4 Å². The smallest absolute Gasteiger partial charge is 0.326 e. The van der Waals surface area contributed by atoms with E-state index >= 15 is 0 Å². The van der Waals surface area contributed by atoms with Crippen LogP contribution in [-0.2, 0) is 24.0 Å². The summed E-state index contributed by atoms with van der Waals surface area (Å²) in [5.74, 6) is -3.73. The van der Waals surface area contributed by atoms with Gasteiger partial charge in [0.2, 0.25) is 23.6 Å². The lowest BCUT2D eigenvalue weighted by Crippen LogP contribution is -2.58. The third-order valence-electron chi connectivity index (χ3n) is 5.64. The number of hydrogen-bond acceptors (Lipinski definition) is 8. The van der Waals surface area contributed by atoms with E-state index in [2.05, 4.69) is 20.9 Å². The van der Waals surface area contributed by atoms with E-state index in [-0.39, 0.29) is 37.6 Å². The van der Waals surface area contributed by atoms with E-state index in [1.165, 1.54) is 11.8 Å². The molecule has 0 heterocycles. The van der Waals surface area contributed by atoms with Crippen molar-refractivity contribution in [2.75, 3.05) is 18.6 Å². The fraction of sp³-hybridized carbons (Fsp3) is 0.727. The van der Waals surface area contributed by atoms with E-state index in [1.54, 1.807) is 6.92 Å². The number of primary amides is 1. The van der Waals surface area contributed by atoms with Crippen LogP contribution in [0.3, 0.4) is 0 Å². The standard InChI is InChI=1S/C22H42N8O6S/c1-4-12(2)17(30-18(32)13(23)6-5-10-27-22(25)26)20(34)28-14(9-11-37-3)19(33)29-15(21(35)36)7-8-16(24)31/h12-15,17H,4-11,23H2,1-3H3,(H2,24,31)(H,28,34)(H,29,33)(H,30,32)(H,35,36)(H4,25,26,27). The molecule has 0 saturated carbocycles. The van der Waals surface area contributed by atoms with Crippen molar-refractivity contribution in [3.05, 3.63) is 0 Å². The number of aliphatic imine (C=N–C) groups is 1. The van der Waals surface area contributed by atoms with Crippen LogP contribution < -0.4 is 38.9 Å². The zero-order valence-corrected chi connectivity index (χ0v) is 22.5. The minimum atomic E-state index is -1.35. The van der Waals surface area contributed by atoms with Gasteiger partial charge in [-0.2, -0.15) is 11.8 Å². The highest BCUT2D eigenvalue weighted by atomic mass is 32.2. The van der Waals surface area contributed by atoms with Gasteiger partial charge in [-0.05, 0) is 43.6 Å². The summed E-state index contributed by atoms with van der Waals surface area (Å²) < 4.78 is 0. The van der Waals surface area contributed by atoms with Gasteiger partial charge in [0.15, 0.2) is 5.96 Å². The first kappa shape index (κ1) is 33.9. The highest BCUT2D eigenvalue weighted by molar-refractivity contribution is 7.98. The number of thioether (sulfide) groups is 1. The second kappa shape index (κ2) is 18.2. The first-order valence-electron chi connectivity index (χ1n) is 12.1. The molecule has 5 unspecified atom stereocenters. The second-order valence-corrected chi connectivity index (χ2v) is 9.66. The van der Waals surface area contributed by atoms with Gasteiger partial charge in [-0.15, -0.1) is 0 Å². The Bertz CT molecular complexity index is 808. The number of aliphatic carboxylic acids is 1. The Balaban J connectivity index is 5.43. The Morgan fingerprint density at radius 1 is 0.919 bits per heavy atom. The van der Waals surface area contributed by atoms with Gasteiger partial charge in [0.05, 0.1) is 6.04 Å². The van der Waals surface area contributed by atoms with Gasteiger partial charge >= 0.3 is 5.97 Å². The Kier molecular flexibility index (Phi) is 16.7. The summed E-state index contributed by atoms with van der Waals surface area (Å²) in [6, 6.07) is -4.29. The van der Waals surface area contributed by atoms with E-state index < -0.39 is 53.8 Å². The fourth-order valence-corrected chi connectivity index (χ4v) is 3.67. The monoisotopic (exact) mass is 546 g/mol. The third-order valence-corrected chi connectivity index (χ3v) is 6.28. The zero-order chi connectivity index (χ0) is 28.5. The van der Waals surface area contributed by atoms with Crippen molar-refractivity contribution < 1.29 is 29.1 Å². The minimum absolute atomic E-state index is 0.0610. The van der Waals surface area contributed by atoms with Crippen molar-refractivity contribution in [2.45, 2.75) is 76.5 Å². The number of carbonyl (C=O) groups excluding carboxylic acids is 4. The SMILES string of the molecule is CCC(C)C(NC(=O)C(N)CCCN=C(N)N)C(=O)NC(CCSC)C(=O)NC(CCC(N)=O)C(=O)O. The molecule has 0 aliphatic rings. The van der Waals surface area contributed by atoms with Crippen molar-refractivity contribution >= 4 is 47.3 Å². The molecular formula is C22H42N8O6S. The van der Waals surface area contributed by atoms with Crippen LogP contribution in [0.25, 0.3) is 0 Å². The second-order valence-electron chi connectivity index (χ2n) is 8.67. The molecule has 0 aliphatic heterocycles. The summed E-state index contributed by atoms with van der Waals surface area (Å²) in [5, 5.41) is 17.0. The summed E-state index contributed by atoms with van der Waals surface area (Å²) >= 11 is 1.44. The van der Waals surface area contributed by atoms with Crippen LogP contribution in [-0.4, -0.2) is 83.4 Å². The maximum absolute atomic E-state index is 13.2. The third kappa shape index (κ3) is 14.3. The van der Waals surface area contributed by atoms with E-state index in [1.807, 2.05) is 13.2 Å². The number of carbonyl (C=O) groups is 5. The lowest BCUT2D eigenvalue weighted by Gasteiger charge is -2.28. The first-order chi connectivity index (χ1) is 17.3. The maximum atomic E-state index is 13.2. The van der Waals surface area contributed by atoms with Gasteiger partial charge in [0.25, 0.3) is 0 Å². The quantitative estimate of drug-likeness (QED) is 0.0500. The average Bonchev–Trinajstić information content (AvgIpc) is 2.83. The molecule has 4 amide bonds. The highest BCUT2D eigenvalue weighted by Crippen LogP contribution is 2.11. The summed E-state index contributed by atoms with van der Waals surface area (Å²) in [6.07, 6.45) is 2.92. The van der Waals surface area contributed by atoms with Gasteiger partial charge in [0.1, 0.15) is 18.1 Å². The molecule has 212 valence electrons. The van der Waals surface area contributed by atoms with Gasteiger partial charge in [-0.1, -0.05) is 20.3 Å². The van der Waals surface area contributed by atoms with Crippen LogP contribution in [0, 0.1) is 5.92 Å². The number of amides is 4. The summed E-state index contributed by atoms with van der Waals surface area (Å²) in [6.45, 7) is 3.93. The molecule has 37 heavy (non-hydrogen) atoms. The molecule has 0 aromatic carbocycles. The molecule has 12 N–H and O–H groups in total. The number of rotatable bonds is 19. The molecule has 0 rings (SSSR count). The molecule has 0 fully saturated rings. The number of hydrogen-bond donors (Lipinski definition) is 8. The molecular weight excluding hydrogens is 504 g/mol. The van der Waals surface area contributed by atoms with Crippen molar-refractivity contribution in [1.82, 2.24) is 16.0 Å². The van der Waals surface area contributed by atoms with Gasteiger partial charge < -0.3 is 44.0 Å². The normalized spacial score (nSPS) is 14.8. The van der Waals surface area contributed by atoms with Gasteiger partial charge in [0, 0.05) is 13.0 Å². The molecule has 15 heteroatoms. The van der Waals surface area contributed by atoms with E-state index in [4.69, 9.17) is 22.9 Å². The van der Waals surface area contributed by atoms with Crippen molar-refractivity contribution in [3.63, 3.8) is 0 Å². The molecule has 14 nitrogen and oxygen atoms in total. The fourth-order valence-electron chi connectivity index (χ4n) is 3.19. The summed E-state index contributed by atoms with van der Waals surface area (Å²) in [7, 11) is 0. The van der Waals surface area contributed by atoms with Crippen LogP contribution >= 0.6 is 11.8 Å². The van der Waals surface area contributed by atoms with Crippen LogP contribution in [0.15, 0.2) is 4.99 Å². The molecule has 0 aromatic rings. The number of carboxylic acids is 1. The van der Waals surface area contributed by atoms with E-state index in [9.17, 15) is 29.1 Å². The van der Waals surface area contributed by atoms with Crippen molar-refractivity contribution in [1.29, 1.82) is 0 Å². The molecule has 0 aromatic heterocycles. The first-order valence-corrected chi connectivity index (χ1v) is 13.4. The topological polar surface area (TPSA) is 258 Å². The Morgan fingerprint density at radius 3 is 2.05 bits per heavy atom. The average molecular weight is 547 g/mol. The van der Waals surface area contributed by atoms with Crippen LogP contribution in [0.5, 0.6) is 0 Å². The summed E-state index contributed by atoms with van der Waals surface area (Å²) in [4.78, 5) is 65.1. The lowest BCUT2D eigenvalue weighted by molar-refractivity contribution is -0.142. The van der Waals surface area contributed by atoms with Crippen molar-refractivity contribution in [3.8, 4) is 0 Å². The lowest BCUT2D eigenvalue weighted by atomic mass is 9.97. The van der Waals surface area contributed by atoms with E-state index in [0.29, 0.717) is 25.1 Å².